The summed E-state index contributed by atoms with van der Waals surface area (Å²) < 4.78 is 6.90. The normalized spacial score (nSPS) is 15.9. The van der Waals surface area contributed by atoms with Gasteiger partial charge in [0.1, 0.15) is 5.75 Å². The standard InChI is InChI=1S/C14H20BrNO/c1-14(2,9-16-12-5-6-12)10-17-13-7-3-11(15)4-8-13/h3-4,7-8,12,16H,5-6,9-10H2,1-2H3. The molecule has 1 saturated carbocycles. The molecule has 3 heteroatoms. The van der Waals surface area contributed by atoms with Crippen LogP contribution < -0.4 is 10.1 Å². The fourth-order valence-electron chi connectivity index (χ4n) is 1.57. The van der Waals surface area contributed by atoms with Crippen molar-refractivity contribution in [3.05, 3.63) is 28.7 Å². The summed E-state index contributed by atoms with van der Waals surface area (Å²) in [6, 6.07) is 8.76. The van der Waals surface area contributed by atoms with E-state index in [0.717, 1.165) is 29.4 Å². The molecule has 1 aliphatic carbocycles. The first-order valence-corrected chi connectivity index (χ1v) is 6.96. The minimum absolute atomic E-state index is 0.176. The minimum Gasteiger partial charge on any atom is -0.493 e. The van der Waals surface area contributed by atoms with Crippen LogP contribution in [0.3, 0.4) is 0 Å². The maximum absolute atomic E-state index is 5.82. The summed E-state index contributed by atoms with van der Waals surface area (Å²) in [5, 5.41) is 3.55. The highest BCUT2D eigenvalue weighted by atomic mass is 79.9. The van der Waals surface area contributed by atoms with E-state index in [1.807, 2.05) is 24.3 Å². The highest BCUT2D eigenvalue weighted by molar-refractivity contribution is 9.10. The van der Waals surface area contributed by atoms with Crippen molar-refractivity contribution < 1.29 is 4.74 Å². The Bertz CT molecular complexity index is 357. The molecule has 0 bridgehead atoms. The van der Waals surface area contributed by atoms with Crippen LogP contribution in [0.5, 0.6) is 5.75 Å². The molecule has 0 heterocycles. The fourth-order valence-corrected chi connectivity index (χ4v) is 1.83. The van der Waals surface area contributed by atoms with Crippen LogP contribution in [0, 0.1) is 5.41 Å². The average Bonchev–Trinajstić information content (AvgIpc) is 3.10. The van der Waals surface area contributed by atoms with Crippen molar-refractivity contribution in [2.24, 2.45) is 5.41 Å². The Morgan fingerprint density at radius 2 is 1.94 bits per heavy atom. The highest BCUT2D eigenvalue weighted by Crippen LogP contribution is 2.23. The number of rotatable bonds is 6. The third-order valence-corrected chi connectivity index (χ3v) is 3.42. The first kappa shape index (κ1) is 12.9. The van der Waals surface area contributed by atoms with Gasteiger partial charge >= 0.3 is 0 Å². The van der Waals surface area contributed by atoms with Crippen LogP contribution >= 0.6 is 15.9 Å². The largest absolute Gasteiger partial charge is 0.493 e. The molecule has 94 valence electrons. The SMILES string of the molecule is CC(C)(CNC1CC1)COc1ccc(Br)cc1. The number of hydrogen-bond donors (Lipinski definition) is 1. The molecular weight excluding hydrogens is 278 g/mol. The van der Waals surface area contributed by atoms with Gasteiger partial charge in [0.2, 0.25) is 0 Å². The van der Waals surface area contributed by atoms with E-state index in [1.54, 1.807) is 0 Å². The van der Waals surface area contributed by atoms with E-state index in [9.17, 15) is 0 Å². The van der Waals surface area contributed by atoms with Crippen LogP contribution in [0.1, 0.15) is 26.7 Å². The molecule has 2 rings (SSSR count). The fraction of sp³-hybridized carbons (Fsp3) is 0.571. The molecule has 1 fully saturated rings. The van der Waals surface area contributed by atoms with Gasteiger partial charge in [0.25, 0.3) is 0 Å². The Hall–Kier alpha value is -0.540. The van der Waals surface area contributed by atoms with Crippen molar-refractivity contribution in [2.45, 2.75) is 32.7 Å². The first-order valence-electron chi connectivity index (χ1n) is 6.17. The molecule has 17 heavy (non-hydrogen) atoms. The van der Waals surface area contributed by atoms with Crippen molar-refractivity contribution in [2.75, 3.05) is 13.2 Å². The maximum Gasteiger partial charge on any atom is 0.119 e. The highest BCUT2D eigenvalue weighted by Gasteiger charge is 2.25. The topological polar surface area (TPSA) is 21.3 Å². The summed E-state index contributed by atoms with van der Waals surface area (Å²) in [7, 11) is 0. The van der Waals surface area contributed by atoms with Crippen LogP contribution in [0.4, 0.5) is 0 Å². The molecule has 0 radical (unpaired) electrons. The van der Waals surface area contributed by atoms with Gasteiger partial charge in [-0.05, 0) is 37.1 Å². The Morgan fingerprint density at radius 3 is 2.53 bits per heavy atom. The molecule has 0 aliphatic heterocycles. The second kappa shape index (κ2) is 5.40. The first-order chi connectivity index (χ1) is 8.05. The zero-order valence-electron chi connectivity index (χ0n) is 10.5. The van der Waals surface area contributed by atoms with E-state index in [-0.39, 0.29) is 5.41 Å². The lowest BCUT2D eigenvalue weighted by molar-refractivity contribution is 0.176. The van der Waals surface area contributed by atoms with E-state index in [1.165, 1.54) is 12.8 Å². The maximum atomic E-state index is 5.82. The second-order valence-electron chi connectivity index (χ2n) is 5.56. The Balaban J connectivity index is 1.76. The van der Waals surface area contributed by atoms with Crippen molar-refractivity contribution in [1.29, 1.82) is 0 Å². The van der Waals surface area contributed by atoms with Gasteiger partial charge < -0.3 is 10.1 Å². The molecule has 0 atom stereocenters. The van der Waals surface area contributed by atoms with Crippen LogP contribution in [-0.4, -0.2) is 19.2 Å². The van der Waals surface area contributed by atoms with Gasteiger partial charge in [0.15, 0.2) is 0 Å². The van der Waals surface area contributed by atoms with E-state index in [4.69, 9.17) is 4.74 Å². The molecule has 2 nitrogen and oxygen atoms in total. The summed E-state index contributed by atoms with van der Waals surface area (Å²) in [6.45, 7) is 6.24. The molecule has 1 N–H and O–H groups in total. The summed E-state index contributed by atoms with van der Waals surface area (Å²) in [6.07, 6.45) is 2.67. The lowest BCUT2D eigenvalue weighted by atomic mass is 9.95. The number of benzene rings is 1. The zero-order valence-corrected chi connectivity index (χ0v) is 12.1. The summed E-state index contributed by atoms with van der Waals surface area (Å²) in [4.78, 5) is 0. The molecule has 0 unspecified atom stereocenters. The lowest BCUT2D eigenvalue weighted by Gasteiger charge is -2.25. The molecule has 1 aromatic carbocycles. The third-order valence-electron chi connectivity index (χ3n) is 2.89. The van der Waals surface area contributed by atoms with Crippen molar-refractivity contribution >= 4 is 15.9 Å². The van der Waals surface area contributed by atoms with Gasteiger partial charge in [0, 0.05) is 22.5 Å². The second-order valence-corrected chi connectivity index (χ2v) is 6.48. The van der Waals surface area contributed by atoms with E-state index >= 15 is 0 Å². The Labute approximate surface area is 112 Å². The monoisotopic (exact) mass is 297 g/mol. The van der Waals surface area contributed by atoms with Gasteiger partial charge in [-0.15, -0.1) is 0 Å². The quantitative estimate of drug-likeness (QED) is 0.866. The molecule has 0 saturated heterocycles. The predicted molar refractivity (Wildman–Crippen MR) is 74.4 cm³/mol. The average molecular weight is 298 g/mol. The number of nitrogens with one attached hydrogen (secondary N) is 1. The number of ether oxygens (including phenoxy) is 1. The van der Waals surface area contributed by atoms with E-state index in [2.05, 4.69) is 35.1 Å². The summed E-state index contributed by atoms with van der Waals surface area (Å²) in [5.41, 5.74) is 0.176. The van der Waals surface area contributed by atoms with Gasteiger partial charge in [-0.2, -0.15) is 0 Å². The molecule has 1 aromatic rings. The predicted octanol–water partition coefficient (Wildman–Crippen LogP) is 3.61. The summed E-state index contributed by atoms with van der Waals surface area (Å²) >= 11 is 3.42. The van der Waals surface area contributed by atoms with E-state index < -0.39 is 0 Å². The Morgan fingerprint density at radius 1 is 1.29 bits per heavy atom. The number of hydrogen-bond acceptors (Lipinski definition) is 2. The van der Waals surface area contributed by atoms with Crippen LogP contribution in [0.15, 0.2) is 28.7 Å². The molecule has 0 spiro atoms. The molecular formula is C14H20BrNO. The third kappa shape index (κ3) is 4.68. The molecule has 0 aromatic heterocycles. The Kier molecular flexibility index (Phi) is 4.10. The van der Waals surface area contributed by atoms with Crippen molar-refractivity contribution in [3.63, 3.8) is 0 Å². The van der Waals surface area contributed by atoms with Crippen molar-refractivity contribution in [3.8, 4) is 5.75 Å². The number of halogens is 1. The minimum atomic E-state index is 0.176. The van der Waals surface area contributed by atoms with Crippen molar-refractivity contribution in [1.82, 2.24) is 5.32 Å². The van der Waals surface area contributed by atoms with Gasteiger partial charge in [-0.1, -0.05) is 29.8 Å². The van der Waals surface area contributed by atoms with E-state index in [0.29, 0.717) is 0 Å². The van der Waals surface area contributed by atoms with Gasteiger partial charge in [-0.3, -0.25) is 0 Å². The van der Waals surface area contributed by atoms with Crippen LogP contribution in [0.2, 0.25) is 0 Å². The van der Waals surface area contributed by atoms with Crippen LogP contribution in [-0.2, 0) is 0 Å². The van der Waals surface area contributed by atoms with Crippen LogP contribution in [0.25, 0.3) is 0 Å². The van der Waals surface area contributed by atoms with Gasteiger partial charge in [-0.25, -0.2) is 0 Å². The lowest BCUT2D eigenvalue weighted by Crippen LogP contribution is -2.35. The molecule has 0 amide bonds. The summed E-state index contributed by atoms with van der Waals surface area (Å²) in [5.74, 6) is 0.938. The molecule has 1 aliphatic rings. The smallest absolute Gasteiger partial charge is 0.119 e. The zero-order chi connectivity index (χ0) is 12.3. The van der Waals surface area contributed by atoms with Gasteiger partial charge in [0.05, 0.1) is 6.61 Å².